The summed E-state index contributed by atoms with van der Waals surface area (Å²) in [6, 6.07) is 9.26. The summed E-state index contributed by atoms with van der Waals surface area (Å²) >= 11 is 7.26. The molecule has 0 aliphatic heterocycles. The maximum atomic E-state index is 12.6. The van der Waals surface area contributed by atoms with Crippen molar-refractivity contribution in [1.29, 1.82) is 0 Å². The number of halogens is 1. The number of esters is 1. The minimum atomic E-state index is -0.594. The van der Waals surface area contributed by atoms with E-state index in [4.69, 9.17) is 16.3 Å². The lowest BCUT2D eigenvalue weighted by Gasteiger charge is -2.19. The fourth-order valence-corrected chi connectivity index (χ4v) is 3.52. The normalized spacial score (nSPS) is 11.7. The standard InChI is InChI=1S/C18H17ClN2O3S/c1-18(2,3)24-15(22)9-21-10-20-13-8-14(25-16(13)17(21)23)11-4-6-12(19)7-5-11/h4-8,10H,9H2,1-3H3. The predicted octanol–water partition coefficient (Wildman–Crippen LogP) is 4.12. The number of carbonyl (C=O) groups excluding carboxylic acids is 1. The number of fused-ring (bicyclic) bond motifs is 1. The van der Waals surface area contributed by atoms with Gasteiger partial charge in [-0.25, -0.2) is 4.98 Å². The number of nitrogens with zero attached hydrogens (tertiary/aromatic N) is 2. The molecule has 0 radical (unpaired) electrons. The van der Waals surface area contributed by atoms with Gasteiger partial charge >= 0.3 is 5.97 Å². The second-order valence-corrected chi connectivity index (χ2v) is 8.08. The van der Waals surface area contributed by atoms with Crippen LogP contribution >= 0.6 is 22.9 Å². The van der Waals surface area contributed by atoms with Crippen molar-refractivity contribution >= 4 is 39.1 Å². The fraction of sp³-hybridized carbons (Fsp3) is 0.278. The van der Waals surface area contributed by atoms with E-state index in [9.17, 15) is 9.59 Å². The Balaban J connectivity index is 1.93. The second-order valence-electron chi connectivity index (χ2n) is 6.60. The summed E-state index contributed by atoms with van der Waals surface area (Å²) in [6.07, 6.45) is 1.38. The van der Waals surface area contributed by atoms with Gasteiger partial charge in [0.15, 0.2) is 0 Å². The van der Waals surface area contributed by atoms with E-state index in [2.05, 4.69) is 4.98 Å². The van der Waals surface area contributed by atoms with E-state index in [0.717, 1.165) is 10.4 Å². The average molecular weight is 377 g/mol. The highest BCUT2D eigenvalue weighted by atomic mass is 35.5. The molecule has 0 atom stereocenters. The summed E-state index contributed by atoms with van der Waals surface area (Å²) in [5, 5.41) is 0.655. The predicted molar refractivity (Wildman–Crippen MR) is 100 cm³/mol. The number of benzene rings is 1. The van der Waals surface area contributed by atoms with E-state index in [0.29, 0.717) is 15.2 Å². The minimum absolute atomic E-state index is 0.160. The monoisotopic (exact) mass is 376 g/mol. The Hall–Kier alpha value is -2.18. The Kier molecular flexibility index (Phi) is 4.67. The van der Waals surface area contributed by atoms with Crippen LogP contribution in [0.3, 0.4) is 0 Å². The summed E-state index contributed by atoms with van der Waals surface area (Å²) in [4.78, 5) is 29.8. The van der Waals surface area contributed by atoms with Crippen LogP contribution in [0, 0.1) is 0 Å². The molecule has 0 unspecified atom stereocenters. The molecule has 5 nitrogen and oxygen atoms in total. The van der Waals surface area contributed by atoms with Crippen LogP contribution in [-0.4, -0.2) is 21.1 Å². The van der Waals surface area contributed by atoms with Gasteiger partial charge in [0.1, 0.15) is 16.8 Å². The first-order valence-electron chi connectivity index (χ1n) is 7.70. The van der Waals surface area contributed by atoms with Crippen molar-refractivity contribution in [1.82, 2.24) is 9.55 Å². The minimum Gasteiger partial charge on any atom is -0.459 e. The van der Waals surface area contributed by atoms with Crippen molar-refractivity contribution in [2.24, 2.45) is 0 Å². The SMILES string of the molecule is CC(C)(C)OC(=O)Cn1cnc2cc(-c3ccc(Cl)cc3)sc2c1=O. The van der Waals surface area contributed by atoms with Crippen LogP contribution < -0.4 is 5.56 Å². The van der Waals surface area contributed by atoms with Gasteiger partial charge in [-0.3, -0.25) is 14.2 Å². The van der Waals surface area contributed by atoms with Crippen LogP contribution in [0.1, 0.15) is 20.8 Å². The molecular weight excluding hydrogens is 360 g/mol. The van der Waals surface area contributed by atoms with Crippen molar-refractivity contribution in [3.8, 4) is 10.4 Å². The van der Waals surface area contributed by atoms with Crippen molar-refractivity contribution in [3.05, 3.63) is 52.0 Å². The van der Waals surface area contributed by atoms with Crippen LogP contribution in [0.5, 0.6) is 0 Å². The molecule has 0 aliphatic rings. The topological polar surface area (TPSA) is 61.2 Å². The number of rotatable bonds is 3. The molecule has 0 fully saturated rings. The van der Waals surface area contributed by atoms with E-state index in [1.807, 2.05) is 18.2 Å². The number of carbonyl (C=O) groups is 1. The van der Waals surface area contributed by atoms with Gasteiger partial charge in [0.25, 0.3) is 5.56 Å². The van der Waals surface area contributed by atoms with Crippen LogP contribution in [0.4, 0.5) is 0 Å². The van der Waals surface area contributed by atoms with Gasteiger partial charge < -0.3 is 4.74 Å². The third kappa shape index (κ3) is 4.08. The van der Waals surface area contributed by atoms with Crippen molar-refractivity contribution < 1.29 is 9.53 Å². The molecule has 3 aromatic rings. The molecule has 0 N–H and O–H groups in total. The first kappa shape index (κ1) is 17.6. The van der Waals surface area contributed by atoms with Crippen LogP contribution in [0.25, 0.3) is 20.7 Å². The summed E-state index contributed by atoms with van der Waals surface area (Å²) in [5.74, 6) is -0.467. The lowest BCUT2D eigenvalue weighted by molar-refractivity contribution is -0.155. The highest BCUT2D eigenvalue weighted by Crippen LogP contribution is 2.31. The molecule has 2 aromatic heterocycles. The van der Waals surface area contributed by atoms with Crippen LogP contribution in [0.2, 0.25) is 5.02 Å². The van der Waals surface area contributed by atoms with Gasteiger partial charge in [0.05, 0.1) is 11.8 Å². The molecule has 0 amide bonds. The average Bonchev–Trinajstić information content (AvgIpc) is 2.94. The quantitative estimate of drug-likeness (QED) is 0.645. The maximum Gasteiger partial charge on any atom is 0.326 e. The van der Waals surface area contributed by atoms with Crippen LogP contribution in [-0.2, 0) is 16.1 Å². The van der Waals surface area contributed by atoms with Gasteiger partial charge in [-0.1, -0.05) is 23.7 Å². The summed E-state index contributed by atoms with van der Waals surface area (Å²) in [6.45, 7) is 5.19. The Bertz CT molecular complexity index is 984. The molecule has 3 rings (SSSR count). The fourth-order valence-electron chi connectivity index (χ4n) is 2.33. The lowest BCUT2D eigenvalue weighted by Crippen LogP contribution is -2.30. The van der Waals surface area contributed by atoms with Gasteiger partial charge in [0.2, 0.25) is 0 Å². The summed E-state index contributed by atoms with van der Waals surface area (Å²) < 4.78 is 7.05. The largest absolute Gasteiger partial charge is 0.459 e. The molecule has 0 bridgehead atoms. The molecule has 130 valence electrons. The maximum absolute atomic E-state index is 12.6. The lowest BCUT2D eigenvalue weighted by atomic mass is 10.2. The van der Waals surface area contributed by atoms with E-state index in [-0.39, 0.29) is 12.1 Å². The zero-order valence-corrected chi connectivity index (χ0v) is 15.6. The summed E-state index contributed by atoms with van der Waals surface area (Å²) in [5.41, 5.74) is 0.732. The van der Waals surface area contributed by atoms with E-state index in [1.54, 1.807) is 32.9 Å². The number of aromatic nitrogens is 2. The van der Waals surface area contributed by atoms with E-state index < -0.39 is 11.6 Å². The smallest absolute Gasteiger partial charge is 0.326 e. The van der Waals surface area contributed by atoms with Crippen molar-refractivity contribution in [3.63, 3.8) is 0 Å². The van der Waals surface area contributed by atoms with Gasteiger partial charge in [-0.15, -0.1) is 11.3 Å². The Morgan fingerprint density at radius 1 is 1.28 bits per heavy atom. The number of thiophene rings is 1. The van der Waals surface area contributed by atoms with Gasteiger partial charge in [-0.05, 0) is 44.5 Å². The molecule has 2 heterocycles. The molecule has 0 spiro atoms. The summed E-state index contributed by atoms with van der Waals surface area (Å²) in [7, 11) is 0. The van der Waals surface area contributed by atoms with E-state index >= 15 is 0 Å². The Morgan fingerprint density at radius 3 is 2.60 bits per heavy atom. The van der Waals surface area contributed by atoms with Gasteiger partial charge in [-0.2, -0.15) is 0 Å². The zero-order chi connectivity index (χ0) is 18.2. The molecule has 7 heteroatoms. The first-order valence-corrected chi connectivity index (χ1v) is 8.89. The highest BCUT2D eigenvalue weighted by molar-refractivity contribution is 7.22. The number of hydrogen-bond donors (Lipinski definition) is 0. The van der Waals surface area contributed by atoms with Crippen molar-refractivity contribution in [2.45, 2.75) is 32.9 Å². The highest BCUT2D eigenvalue weighted by Gasteiger charge is 2.18. The molecule has 0 aliphatic carbocycles. The third-order valence-electron chi connectivity index (χ3n) is 3.35. The van der Waals surface area contributed by atoms with Gasteiger partial charge in [0, 0.05) is 9.90 Å². The molecular formula is C18H17ClN2O3S. The molecule has 0 saturated heterocycles. The Morgan fingerprint density at radius 2 is 1.96 bits per heavy atom. The Labute approximate surface area is 153 Å². The third-order valence-corrected chi connectivity index (χ3v) is 4.77. The molecule has 25 heavy (non-hydrogen) atoms. The first-order chi connectivity index (χ1) is 11.7. The van der Waals surface area contributed by atoms with Crippen LogP contribution in [0.15, 0.2) is 41.5 Å². The van der Waals surface area contributed by atoms with Crippen molar-refractivity contribution in [2.75, 3.05) is 0 Å². The number of ether oxygens (including phenoxy) is 1. The molecule has 1 aromatic carbocycles. The zero-order valence-electron chi connectivity index (χ0n) is 14.1. The second kappa shape index (κ2) is 6.61. The molecule has 0 saturated carbocycles. The number of hydrogen-bond acceptors (Lipinski definition) is 5. The van der Waals surface area contributed by atoms with E-state index in [1.165, 1.54) is 22.2 Å².